The summed E-state index contributed by atoms with van der Waals surface area (Å²) in [6.07, 6.45) is 2.44. The largest absolute Gasteiger partial charge is 0.346 e. The lowest BCUT2D eigenvalue weighted by atomic mass is 10.1. The number of hydrogen-bond donors (Lipinski definition) is 2. The second-order valence-electron chi connectivity index (χ2n) is 7.73. The van der Waals surface area contributed by atoms with Crippen LogP contribution in [0.5, 0.6) is 0 Å². The molecule has 2 heterocycles. The van der Waals surface area contributed by atoms with Crippen LogP contribution in [0.15, 0.2) is 36.0 Å². The highest BCUT2D eigenvalue weighted by atomic mass is 16.2. The second-order valence-corrected chi connectivity index (χ2v) is 7.73. The molecule has 1 aliphatic rings. The number of benzene rings is 1. The Morgan fingerprint density at radius 3 is 2.53 bits per heavy atom. The first-order chi connectivity index (χ1) is 14.2. The molecule has 7 heteroatoms. The Kier molecular flexibility index (Phi) is 6.10. The quantitative estimate of drug-likeness (QED) is 0.564. The number of anilines is 1. The van der Waals surface area contributed by atoms with Crippen molar-refractivity contribution in [3.8, 4) is 0 Å². The van der Waals surface area contributed by atoms with Crippen LogP contribution >= 0.6 is 0 Å². The molecule has 0 aliphatic carbocycles. The molecule has 1 aromatic heterocycles. The van der Waals surface area contributed by atoms with Crippen molar-refractivity contribution < 1.29 is 14.4 Å². The van der Waals surface area contributed by atoms with E-state index >= 15 is 0 Å². The molecule has 2 aromatic rings. The van der Waals surface area contributed by atoms with Gasteiger partial charge >= 0.3 is 6.03 Å². The van der Waals surface area contributed by atoms with E-state index < -0.39 is 17.8 Å². The minimum atomic E-state index is -0.595. The summed E-state index contributed by atoms with van der Waals surface area (Å²) in [5.41, 5.74) is 4.82. The van der Waals surface area contributed by atoms with Crippen LogP contribution in [-0.2, 0) is 16.0 Å². The van der Waals surface area contributed by atoms with Crippen molar-refractivity contribution in [1.29, 1.82) is 0 Å². The van der Waals surface area contributed by atoms with E-state index in [1.54, 1.807) is 12.1 Å². The minimum absolute atomic E-state index is 0.172. The summed E-state index contributed by atoms with van der Waals surface area (Å²) in [7, 11) is 0. The Hall–Kier alpha value is -3.35. The number of imide groups is 1. The summed E-state index contributed by atoms with van der Waals surface area (Å²) in [6.45, 7) is 9.83. The number of carbonyl (C=O) groups is 3. The molecule has 1 aromatic carbocycles. The Labute approximate surface area is 176 Å². The van der Waals surface area contributed by atoms with Gasteiger partial charge in [-0.15, -0.1) is 0 Å². The van der Waals surface area contributed by atoms with Crippen LogP contribution < -0.4 is 10.6 Å². The molecular weight excluding hydrogens is 380 g/mol. The van der Waals surface area contributed by atoms with Crippen LogP contribution in [-0.4, -0.2) is 33.9 Å². The standard InChI is InChI=1S/C23H28N4O3/c1-6-17-9-7-8-10-19(17)24-21(28)13-26-22(29)20(25-23(26)30)12-18-11-15(4)27(14(2)3)16(18)5/h7-12,14H,6,13H2,1-5H3,(H,24,28)(H,25,30)/b20-12+. The number of amides is 4. The zero-order chi connectivity index (χ0) is 22.0. The fourth-order valence-corrected chi connectivity index (χ4v) is 3.90. The van der Waals surface area contributed by atoms with Crippen molar-refractivity contribution in [1.82, 2.24) is 14.8 Å². The Morgan fingerprint density at radius 1 is 1.20 bits per heavy atom. The number of para-hydroxylation sites is 1. The molecule has 30 heavy (non-hydrogen) atoms. The zero-order valence-corrected chi connectivity index (χ0v) is 18.1. The number of aromatic nitrogens is 1. The van der Waals surface area contributed by atoms with Gasteiger partial charge in [0.05, 0.1) is 0 Å². The molecule has 7 nitrogen and oxygen atoms in total. The van der Waals surface area contributed by atoms with Crippen LogP contribution in [0.1, 0.15) is 49.3 Å². The Morgan fingerprint density at radius 2 is 1.90 bits per heavy atom. The first-order valence-corrected chi connectivity index (χ1v) is 10.1. The highest BCUT2D eigenvalue weighted by molar-refractivity contribution is 6.16. The lowest BCUT2D eigenvalue weighted by Gasteiger charge is -2.14. The fraction of sp³-hybridized carbons (Fsp3) is 0.348. The molecule has 0 radical (unpaired) electrons. The maximum absolute atomic E-state index is 12.8. The van der Waals surface area contributed by atoms with E-state index in [1.165, 1.54) is 0 Å². The molecule has 0 bridgehead atoms. The summed E-state index contributed by atoms with van der Waals surface area (Å²) in [4.78, 5) is 38.5. The van der Waals surface area contributed by atoms with E-state index in [2.05, 4.69) is 29.0 Å². The van der Waals surface area contributed by atoms with Gasteiger partial charge in [0.2, 0.25) is 5.91 Å². The maximum atomic E-state index is 12.8. The van der Waals surface area contributed by atoms with Crippen molar-refractivity contribution in [3.05, 3.63) is 58.5 Å². The Balaban J connectivity index is 1.76. The van der Waals surface area contributed by atoms with Gasteiger partial charge in [0, 0.05) is 23.1 Å². The van der Waals surface area contributed by atoms with Gasteiger partial charge in [-0.25, -0.2) is 9.69 Å². The highest BCUT2D eigenvalue weighted by Gasteiger charge is 2.35. The topological polar surface area (TPSA) is 83.4 Å². The smallest absolute Gasteiger partial charge is 0.329 e. The summed E-state index contributed by atoms with van der Waals surface area (Å²) in [6, 6.07) is 9.14. The number of carbonyl (C=O) groups excluding carboxylic acids is 3. The van der Waals surface area contributed by atoms with E-state index in [1.807, 2.05) is 45.0 Å². The first-order valence-electron chi connectivity index (χ1n) is 10.1. The number of nitrogens with zero attached hydrogens (tertiary/aromatic N) is 2. The average Bonchev–Trinajstić information content (AvgIpc) is 3.11. The van der Waals surface area contributed by atoms with Gasteiger partial charge in [0.15, 0.2) is 0 Å². The molecular formula is C23H28N4O3. The number of urea groups is 1. The molecule has 0 atom stereocenters. The maximum Gasteiger partial charge on any atom is 0.329 e. The van der Waals surface area contributed by atoms with Crippen LogP contribution in [0.25, 0.3) is 6.08 Å². The third-order valence-electron chi connectivity index (χ3n) is 5.28. The van der Waals surface area contributed by atoms with Gasteiger partial charge in [0.25, 0.3) is 5.91 Å². The van der Waals surface area contributed by atoms with Crippen molar-refractivity contribution in [3.63, 3.8) is 0 Å². The van der Waals surface area contributed by atoms with Gasteiger partial charge in [-0.05, 0) is 63.5 Å². The van der Waals surface area contributed by atoms with Gasteiger partial charge in [-0.3, -0.25) is 9.59 Å². The van der Waals surface area contributed by atoms with E-state index in [4.69, 9.17) is 0 Å². The third kappa shape index (κ3) is 4.15. The van der Waals surface area contributed by atoms with Crippen molar-refractivity contribution in [2.75, 3.05) is 11.9 Å². The summed E-state index contributed by atoms with van der Waals surface area (Å²) in [5.74, 6) is -0.924. The molecule has 1 aliphatic heterocycles. The van der Waals surface area contributed by atoms with Crippen LogP contribution in [0, 0.1) is 13.8 Å². The van der Waals surface area contributed by atoms with E-state index in [-0.39, 0.29) is 18.3 Å². The van der Waals surface area contributed by atoms with E-state index in [9.17, 15) is 14.4 Å². The molecule has 3 rings (SSSR count). The van der Waals surface area contributed by atoms with Crippen molar-refractivity contribution >= 4 is 29.6 Å². The monoisotopic (exact) mass is 408 g/mol. The number of rotatable bonds is 6. The van der Waals surface area contributed by atoms with Crippen LogP contribution in [0.3, 0.4) is 0 Å². The second kappa shape index (κ2) is 8.57. The highest BCUT2D eigenvalue weighted by Crippen LogP contribution is 2.23. The predicted octanol–water partition coefficient (Wildman–Crippen LogP) is 3.78. The lowest BCUT2D eigenvalue weighted by molar-refractivity contribution is -0.127. The fourth-order valence-electron chi connectivity index (χ4n) is 3.90. The van der Waals surface area contributed by atoms with Crippen LogP contribution in [0.4, 0.5) is 10.5 Å². The van der Waals surface area contributed by atoms with Crippen LogP contribution in [0.2, 0.25) is 0 Å². The van der Waals surface area contributed by atoms with Gasteiger partial charge < -0.3 is 15.2 Å². The molecule has 1 saturated heterocycles. The molecule has 0 saturated carbocycles. The van der Waals surface area contributed by atoms with Gasteiger partial charge in [0.1, 0.15) is 12.2 Å². The summed E-state index contributed by atoms with van der Waals surface area (Å²) in [5, 5.41) is 5.38. The summed E-state index contributed by atoms with van der Waals surface area (Å²) < 4.78 is 2.17. The Bertz CT molecular complexity index is 1030. The number of aryl methyl sites for hydroxylation is 2. The molecule has 0 unspecified atom stereocenters. The average molecular weight is 409 g/mol. The van der Waals surface area contributed by atoms with E-state index in [0.717, 1.165) is 33.8 Å². The molecule has 1 fully saturated rings. The SMILES string of the molecule is CCc1ccccc1NC(=O)CN1C(=O)N/C(=C/c2cc(C)n(C(C)C)c2C)C1=O. The summed E-state index contributed by atoms with van der Waals surface area (Å²) >= 11 is 0. The van der Waals surface area contributed by atoms with Gasteiger partial charge in [-0.2, -0.15) is 0 Å². The number of nitrogens with one attached hydrogen (secondary N) is 2. The predicted molar refractivity (Wildman–Crippen MR) is 117 cm³/mol. The minimum Gasteiger partial charge on any atom is -0.346 e. The zero-order valence-electron chi connectivity index (χ0n) is 18.1. The molecule has 0 spiro atoms. The van der Waals surface area contributed by atoms with Crippen molar-refractivity contribution in [2.24, 2.45) is 0 Å². The first kappa shape index (κ1) is 21.4. The normalized spacial score (nSPS) is 15.3. The van der Waals surface area contributed by atoms with Crippen molar-refractivity contribution in [2.45, 2.75) is 47.1 Å². The van der Waals surface area contributed by atoms with Gasteiger partial charge in [-0.1, -0.05) is 25.1 Å². The molecule has 158 valence electrons. The lowest BCUT2D eigenvalue weighted by Crippen LogP contribution is -2.38. The van der Waals surface area contributed by atoms with E-state index in [0.29, 0.717) is 5.69 Å². The molecule has 2 N–H and O–H groups in total. The molecule has 4 amide bonds. The third-order valence-corrected chi connectivity index (χ3v) is 5.28. The number of hydrogen-bond acceptors (Lipinski definition) is 3.